The Morgan fingerprint density at radius 3 is 2.40 bits per heavy atom. The fourth-order valence-corrected chi connectivity index (χ4v) is 3.14. The van der Waals surface area contributed by atoms with Crippen LogP contribution in [0, 0.1) is 0 Å². The zero-order valence-corrected chi connectivity index (χ0v) is 18.4. The first-order valence-corrected chi connectivity index (χ1v) is 10.7. The molecular formula is C23H26N4O2S. The third kappa shape index (κ3) is 5.81. The van der Waals surface area contributed by atoms with Gasteiger partial charge in [0.1, 0.15) is 33.4 Å². The van der Waals surface area contributed by atoms with E-state index in [1.54, 1.807) is 13.3 Å². The van der Waals surface area contributed by atoms with E-state index in [1.807, 2.05) is 81.4 Å². The molecule has 0 spiro atoms. The van der Waals surface area contributed by atoms with E-state index in [2.05, 4.69) is 19.9 Å². The molecule has 0 aliphatic carbocycles. The molecule has 0 aliphatic heterocycles. The van der Waals surface area contributed by atoms with E-state index in [4.69, 9.17) is 4.74 Å². The van der Waals surface area contributed by atoms with E-state index < -0.39 is 16.1 Å². The van der Waals surface area contributed by atoms with Crippen LogP contribution in [0.3, 0.4) is 0 Å². The van der Waals surface area contributed by atoms with Gasteiger partial charge >= 0.3 is 0 Å². The van der Waals surface area contributed by atoms with Crippen molar-refractivity contribution in [3.8, 4) is 17.0 Å². The maximum absolute atomic E-state index is 12.4. The van der Waals surface area contributed by atoms with Gasteiger partial charge in [0.2, 0.25) is 0 Å². The predicted octanol–water partition coefficient (Wildman–Crippen LogP) is 4.65. The first-order chi connectivity index (χ1) is 14.4. The Morgan fingerprint density at radius 2 is 1.77 bits per heavy atom. The van der Waals surface area contributed by atoms with Gasteiger partial charge in [0.25, 0.3) is 0 Å². The molecule has 156 valence electrons. The molecule has 0 saturated heterocycles. The molecule has 0 saturated carbocycles. The van der Waals surface area contributed by atoms with Crippen molar-refractivity contribution < 1.29 is 9.29 Å². The van der Waals surface area contributed by atoms with Crippen LogP contribution in [-0.4, -0.2) is 32.8 Å². The van der Waals surface area contributed by atoms with Crippen LogP contribution in [-0.2, 0) is 17.9 Å². The molecule has 0 fully saturated rings. The van der Waals surface area contributed by atoms with Crippen molar-refractivity contribution in [3.05, 3.63) is 71.8 Å². The van der Waals surface area contributed by atoms with E-state index in [9.17, 15) is 4.55 Å². The first kappa shape index (κ1) is 21.8. The highest BCUT2D eigenvalue weighted by Crippen LogP contribution is 2.23. The lowest BCUT2D eigenvalue weighted by atomic mass is 10.1. The number of nitrogens with one attached hydrogen (secondary N) is 1. The maximum atomic E-state index is 12.4. The number of benzene rings is 2. The quantitative estimate of drug-likeness (QED) is 0.443. The molecule has 1 aromatic heterocycles. The summed E-state index contributed by atoms with van der Waals surface area (Å²) in [5.41, 5.74) is 3.47. The van der Waals surface area contributed by atoms with Gasteiger partial charge in [-0.2, -0.15) is 0 Å². The zero-order chi connectivity index (χ0) is 21.6. The van der Waals surface area contributed by atoms with Gasteiger partial charge < -0.3 is 14.6 Å². The summed E-state index contributed by atoms with van der Waals surface area (Å²) in [5.74, 6) is 1.43. The largest absolute Gasteiger partial charge is 0.591 e. The summed E-state index contributed by atoms with van der Waals surface area (Å²) >= 11 is -1.36. The molecule has 2 aromatic carbocycles. The van der Waals surface area contributed by atoms with Gasteiger partial charge in [0.05, 0.1) is 13.3 Å². The number of aromatic nitrogens is 2. The van der Waals surface area contributed by atoms with Crippen molar-refractivity contribution in [3.63, 3.8) is 0 Å². The molecule has 3 aromatic rings. The molecule has 3 rings (SSSR count). The topological polar surface area (TPSA) is 82.5 Å². The van der Waals surface area contributed by atoms with Crippen molar-refractivity contribution >= 4 is 23.4 Å². The zero-order valence-electron chi connectivity index (χ0n) is 17.6. The fourth-order valence-electron chi connectivity index (χ4n) is 2.61. The molecule has 0 bridgehead atoms. The summed E-state index contributed by atoms with van der Waals surface area (Å²) in [6.45, 7) is 6.27. The number of hydrogen-bond donors (Lipinski definition) is 1. The molecule has 1 N–H and O–H groups in total. The maximum Gasteiger partial charge on any atom is 0.149 e. The highest BCUT2D eigenvalue weighted by molar-refractivity contribution is 7.91. The van der Waals surface area contributed by atoms with Gasteiger partial charge in [-0.05, 0) is 44.5 Å². The first-order valence-electron chi connectivity index (χ1n) is 9.63. The molecule has 0 radical (unpaired) electrons. The standard InChI is InChI=1S/C23H26N4O2S/c1-23(2,3)30(28)25-16-19-14-21(24-15-17-10-12-20(29-4)13-11-17)26-27-22(19)18-8-6-5-7-9-18/h5-14,16H,15H2,1-4H3,(H,24,26)/b25-16+. The number of ether oxygens (including phenoxy) is 1. The Bertz CT molecular complexity index is 986. The highest BCUT2D eigenvalue weighted by atomic mass is 32.2. The molecule has 0 amide bonds. The van der Waals surface area contributed by atoms with Crippen LogP contribution in [0.2, 0.25) is 0 Å². The normalized spacial score (nSPS) is 12.7. The van der Waals surface area contributed by atoms with Crippen LogP contribution >= 0.6 is 0 Å². The third-order valence-corrected chi connectivity index (χ3v) is 5.66. The van der Waals surface area contributed by atoms with E-state index in [0.29, 0.717) is 18.1 Å². The molecule has 7 heteroatoms. The van der Waals surface area contributed by atoms with E-state index in [-0.39, 0.29) is 0 Å². The Kier molecular flexibility index (Phi) is 7.07. The molecule has 0 aliphatic rings. The van der Waals surface area contributed by atoms with Gasteiger partial charge in [-0.3, -0.25) is 0 Å². The molecule has 6 nitrogen and oxygen atoms in total. The number of anilines is 1. The van der Waals surface area contributed by atoms with Crippen molar-refractivity contribution in [1.82, 2.24) is 10.2 Å². The summed E-state index contributed by atoms with van der Waals surface area (Å²) in [6.07, 6.45) is 1.62. The van der Waals surface area contributed by atoms with Gasteiger partial charge in [0.15, 0.2) is 0 Å². The average molecular weight is 423 g/mol. The van der Waals surface area contributed by atoms with Gasteiger partial charge in [-0.25, -0.2) is 0 Å². The Balaban J connectivity index is 1.85. The van der Waals surface area contributed by atoms with Gasteiger partial charge in [0, 0.05) is 17.7 Å². The van der Waals surface area contributed by atoms with Crippen LogP contribution in [0.25, 0.3) is 11.3 Å². The number of hydrogen-bond acceptors (Lipinski definition) is 6. The lowest BCUT2D eigenvalue weighted by Gasteiger charge is -2.18. The molecule has 1 unspecified atom stereocenters. The second-order valence-corrected chi connectivity index (χ2v) is 9.63. The van der Waals surface area contributed by atoms with Crippen molar-refractivity contribution in [2.45, 2.75) is 32.1 Å². The number of nitrogens with zero attached hydrogens (tertiary/aromatic N) is 3. The fraction of sp³-hybridized carbons (Fsp3) is 0.261. The lowest BCUT2D eigenvalue weighted by Crippen LogP contribution is -2.25. The Morgan fingerprint density at radius 1 is 1.07 bits per heavy atom. The van der Waals surface area contributed by atoms with Gasteiger partial charge in [-0.15, -0.1) is 10.2 Å². The van der Waals surface area contributed by atoms with Crippen LogP contribution in [0.4, 0.5) is 5.82 Å². The monoisotopic (exact) mass is 422 g/mol. The smallest absolute Gasteiger partial charge is 0.149 e. The van der Waals surface area contributed by atoms with Crippen molar-refractivity contribution in [1.29, 1.82) is 0 Å². The van der Waals surface area contributed by atoms with Crippen molar-refractivity contribution in [2.24, 2.45) is 4.40 Å². The molecule has 30 heavy (non-hydrogen) atoms. The Hall–Kier alpha value is -2.90. The lowest BCUT2D eigenvalue weighted by molar-refractivity contribution is 0.414. The van der Waals surface area contributed by atoms with Crippen molar-refractivity contribution in [2.75, 3.05) is 12.4 Å². The molecule has 1 atom stereocenters. The number of methoxy groups -OCH3 is 1. The third-order valence-electron chi connectivity index (χ3n) is 4.31. The molecule has 1 heterocycles. The summed E-state index contributed by atoms with van der Waals surface area (Å²) in [4.78, 5) is 0. The Labute approximate surface area is 180 Å². The van der Waals surface area contributed by atoms with Crippen LogP contribution in [0.5, 0.6) is 5.75 Å². The van der Waals surface area contributed by atoms with E-state index in [0.717, 1.165) is 22.4 Å². The highest BCUT2D eigenvalue weighted by Gasteiger charge is 2.26. The van der Waals surface area contributed by atoms with E-state index >= 15 is 0 Å². The second kappa shape index (κ2) is 9.73. The SMILES string of the molecule is COc1ccc(CNc2cc(/C=N/[S+]([O-])C(C)(C)C)c(-c3ccccc3)nn2)cc1. The van der Waals surface area contributed by atoms with Crippen LogP contribution < -0.4 is 10.1 Å². The average Bonchev–Trinajstić information content (AvgIpc) is 2.76. The summed E-state index contributed by atoms with van der Waals surface area (Å²) in [7, 11) is 1.65. The molecular weight excluding hydrogens is 396 g/mol. The minimum atomic E-state index is -1.36. The van der Waals surface area contributed by atoms with Crippen LogP contribution in [0.1, 0.15) is 31.9 Å². The minimum absolute atomic E-state index is 0.431. The summed E-state index contributed by atoms with van der Waals surface area (Å²) in [6, 6.07) is 19.5. The summed E-state index contributed by atoms with van der Waals surface area (Å²) in [5, 5.41) is 12.0. The van der Waals surface area contributed by atoms with Crippen LogP contribution in [0.15, 0.2) is 65.1 Å². The summed E-state index contributed by atoms with van der Waals surface area (Å²) < 4.78 is 21.4. The van der Waals surface area contributed by atoms with E-state index in [1.165, 1.54) is 0 Å². The number of rotatable bonds is 7. The van der Waals surface area contributed by atoms with Gasteiger partial charge in [-0.1, -0.05) is 46.9 Å². The minimum Gasteiger partial charge on any atom is -0.591 e. The second-order valence-electron chi connectivity index (χ2n) is 7.70. The predicted molar refractivity (Wildman–Crippen MR) is 123 cm³/mol.